The van der Waals surface area contributed by atoms with Crippen LogP contribution in [0.25, 0.3) is 0 Å². The molecule has 150 valence electrons. The average molecular weight is 396 g/mol. The number of halogens is 1. The quantitative estimate of drug-likeness (QED) is 0.852. The maximum atomic E-state index is 12.3. The van der Waals surface area contributed by atoms with Crippen molar-refractivity contribution in [2.24, 2.45) is 0 Å². The Labute approximate surface area is 166 Å². The molecule has 1 aromatic carbocycles. The zero-order valence-corrected chi connectivity index (χ0v) is 17.2. The van der Waals surface area contributed by atoms with Crippen LogP contribution in [0.2, 0.25) is 5.02 Å². The summed E-state index contributed by atoms with van der Waals surface area (Å²) >= 11 is 6.08. The van der Waals surface area contributed by atoms with Gasteiger partial charge in [0.25, 0.3) is 0 Å². The number of morpholine rings is 1. The van der Waals surface area contributed by atoms with E-state index in [4.69, 9.17) is 21.1 Å². The third-order valence-corrected chi connectivity index (χ3v) is 5.13. The van der Waals surface area contributed by atoms with Crippen LogP contribution in [0.5, 0.6) is 0 Å². The number of hydrogen-bond acceptors (Lipinski definition) is 5. The van der Waals surface area contributed by atoms with Gasteiger partial charge in [0.2, 0.25) is 0 Å². The highest BCUT2D eigenvalue weighted by Gasteiger charge is 2.34. The van der Waals surface area contributed by atoms with Crippen LogP contribution in [-0.4, -0.2) is 73.5 Å². The predicted molar refractivity (Wildman–Crippen MR) is 106 cm³/mol. The van der Waals surface area contributed by atoms with E-state index in [1.54, 1.807) is 4.90 Å². The lowest BCUT2D eigenvalue weighted by Gasteiger charge is -2.43. The van der Waals surface area contributed by atoms with Gasteiger partial charge in [0, 0.05) is 44.3 Å². The first-order chi connectivity index (χ1) is 12.8. The molecule has 2 fully saturated rings. The zero-order chi connectivity index (χ0) is 19.4. The molecule has 0 aliphatic carbocycles. The highest BCUT2D eigenvalue weighted by Crippen LogP contribution is 2.29. The van der Waals surface area contributed by atoms with Crippen LogP contribution in [0.15, 0.2) is 24.3 Å². The van der Waals surface area contributed by atoms with Crippen LogP contribution in [0, 0.1) is 0 Å². The normalized spacial score (nSPS) is 23.1. The summed E-state index contributed by atoms with van der Waals surface area (Å²) in [7, 11) is 0. The van der Waals surface area contributed by atoms with Crippen molar-refractivity contribution in [1.29, 1.82) is 0 Å². The number of carbonyl (C=O) groups is 1. The molecule has 1 N–H and O–H groups in total. The lowest BCUT2D eigenvalue weighted by molar-refractivity contribution is -0.0466. The minimum absolute atomic E-state index is 0.0769. The fourth-order valence-corrected chi connectivity index (χ4v) is 3.74. The van der Waals surface area contributed by atoms with E-state index in [1.807, 2.05) is 32.9 Å². The second-order valence-electron chi connectivity index (χ2n) is 8.11. The van der Waals surface area contributed by atoms with Gasteiger partial charge in [-0.2, -0.15) is 0 Å². The maximum Gasteiger partial charge on any atom is 0.410 e. The second-order valence-corrected chi connectivity index (χ2v) is 8.55. The van der Waals surface area contributed by atoms with Gasteiger partial charge in [0.15, 0.2) is 0 Å². The molecule has 1 aromatic rings. The molecular formula is C20H30ClN3O3. The number of nitrogens with one attached hydrogen (secondary N) is 1. The van der Waals surface area contributed by atoms with Crippen molar-refractivity contribution in [2.75, 3.05) is 45.9 Å². The molecule has 2 aliphatic rings. The summed E-state index contributed by atoms with van der Waals surface area (Å²) in [5, 5.41) is 4.16. The van der Waals surface area contributed by atoms with Crippen LogP contribution >= 0.6 is 11.6 Å². The summed E-state index contributed by atoms with van der Waals surface area (Å²) in [5.74, 6) is 0. The molecule has 0 bridgehead atoms. The number of nitrogens with zero attached hydrogens (tertiary/aromatic N) is 2. The standard InChI is InChI=1S/C20H30ClN3O3/c1-20(2,3)27-19(25)24-11-9-23(10-12-24)18(17-14-22-8-13-26-17)15-4-6-16(21)7-5-15/h4-7,17-18,22H,8-14H2,1-3H3. The van der Waals surface area contributed by atoms with E-state index in [0.29, 0.717) is 19.7 Å². The lowest BCUT2D eigenvalue weighted by atomic mass is 9.97. The molecule has 3 rings (SSSR count). The number of carbonyl (C=O) groups excluding carboxylic acids is 1. The first-order valence-corrected chi connectivity index (χ1v) is 10.0. The molecule has 2 atom stereocenters. The van der Waals surface area contributed by atoms with E-state index in [2.05, 4.69) is 22.3 Å². The van der Waals surface area contributed by atoms with Gasteiger partial charge in [-0.15, -0.1) is 0 Å². The van der Waals surface area contributed by atoms with Gasteiger partial charge in [-0.3, -0.25) is 4.90 Å². The minimum Gasteiger partial charge on any atom is -0.444 e. The number of ether oxygens (including phenoxy) is 2. The Hall–Kier alpha value is -1.34. The van der Waals surface area contributed by atoms with E-state index >= 15 is 0 Å². The highest BCUT2D eigenvalue weighted by atomic mass is 35.5. The van der Waals surface area contributed by atoms with E-state index in [-0.39, 0.29) is 18.2 Å². The second kappa shape index (κ2) is 8.78. The van der Waals surface area contributed by atoms with Gasteiger partial charge >= 0.3 is 6.09 Å². The number of amides is 1. The third-order valence-electron chi connectivity index (χ3n) is 4.88. The Morgan fingerprint density at radius 2 is 1.89 bits per heavy atom. The van der Waals surface area contributed by atoms with Crippen LogP contribution in [-0.2, 0) is 9.47 Å². The molecule has 6 nitrogen and oxygen atoms in total. The van der Waals surface area contributed by atoms with Gasteiger partial charge < -0.3 is 19.7 Å². The van der Waals surface area contributed by atoms with Crippen molar-refractivity contribution < 1.29 is 14.3 Å². The summed E-state index contributed by atoms with van der Waals surface area (Å²) in [6.45, 7) is 11.0. The Bertz CT molecular complexity index is 618. The SMILES string of the molecule is CC(C)(C)OC(=O)N1CCN(C(c2ccc(Cl)cc2)C2CNCCO2)CC1. The van der Waals surface area contributed by atoms with E-state index < -0.39 is 5.60 Å². The fourth-order valence-electron chi connectivity index (χ4n) is 3.62. The summed E-state index contributed by atoms with van der Waals surface area (Å²) in [6, 6.07) is 8.14. The molecule has 2 heterocycles. The molecule has 0 spiro atoms. The Morgan fingerprint density at radius 1 is 1.22 bits per heavy atom. The van der Waals surface area contributed by atoms with Gasteiger partial charge in [0.1, 0.15) is 5.60 Å². The summed E-state index contributed by atoms with van der Waals surface area (Å²) < 4.78 is 11.6. The van der Waals surface area contributed by atoms with Crippen LogP contribution in [0.3, 0.4) is 0 Å². The topological polar surface area (TPSA) is 54.0 Å². The predicted octanol–water partition coefficient (Wildman–Crippen LogP) is 2.92. The molecular weight excluding hydrogens is 366 g/mol. The molecule has 27 heavy (non-hydrogen) atoms. The number of hydrogen-bond donors (Lipinski definition) is 1. The Kier molecular flexibility index (Phi) is 6.63. The van der Waals surface area contributed by atoms with Crippen molar-refractivity contribution in [2.45, 2.75) is 38.5 Å². The smallest absolute Gasteiger partial charge is 0.410 e. The molecule has 0 saturated carbocycles. The fraction of sp³-hybridized carbons (Fsp3) is 0.650. The van der Waals surface area contributed by atoms with Gasteiger partial charge in [-0.25, -0.2) is 4.79 Å². The minimum atomic E-state index is -0.471. The van der Waals surface area contributed by atoms with Gasteiger partial charge in [-0.1, -0.05) is 23.7 Å². The first-order valence-electron chi connectivity index (χ1n) is 9.63. The maximum absolute atomic E-state index is 12.3. The molecule has 0 radical (unpaired) electrons. The zero-order valence-electron chi connectivity index (χ0n) is 16.4. The van der Waals surface area contributed by atoms with Crippen LogP contribution in [0.1, 0.15) is 32.4 Å². The molecule has 2 saturated heterocycles. The van der Waals surface area contributed by atoms with Crippen LogP contribution < -0.4 is 5.32 Å². The number of piperazine rings is 1. The Morgan fingerprint density at radius 3 is 2.44 bits per heavy atom. The van der Waals surface area contributed by atoms with Crippen molar-refractivity contribution >= 4 is 17.7 Å². The summed E-state index contributed by atoms with van der Waals surface area (Å²) in [4.78, 5) is 16.5. The number of benzene rings is 1. The molecule has 1 amide bonds. The molecule has 0 aromatic heterocycles. The monoisotopic (exact) mass is 395 g/mol. The average Bonchev–Trinajstić information content (AvgIpc) is 2.64. The van der Waals surface area contributed by atoms with E-state index in [0.717, 1.165) is 31.2 Å². The van der Waals surface area contributed by atoms with Crippen molar-refractivity contribution in [3.63, 3.8) is 0 Å². The largest absolute Gasteiger partial charge is 0.444 e. The first kappa shape index (κ1) is 20.4. The van der Waals surface area contributed by atoms with Crippen molar-refractivity contribution in [1.82, 2.24) is 15.1 Å². The van der Waals surface area contributed by atoms with Crippen molar-refractivity contribution in [3.05, 3.63) is 34.9 Å². The van der Waals surface area contributed by atoms with Gasteiger partial charge in [-0.05, 0) is 38.5 Å². The third kappa shape index (κ3) is 5.57. The van der Waals surface area contributed by atoms with Crippen LogP contribution in [0.4, 0.5) is 4.79 Å². The molecule has 2 unspecified atom stereocenters. The van der Waals surface area contributed by atoms with E-state index in [9.17, 15) is 4.79 Å². The lowest BCUT2D eigenvalue weighted by Crippen LogP contribution is -2.54. The Balaban J connectivity index is 1.69. The molecule has 7 heteroatoms. The highest BCUT2D eigenvalue weighted by molar-refractivity contribution is 6.30. The van der Waals surface area contributed by atoms with E-state index in [1.165, 1.54) is 5.56 Å². The van der Waals surface area contributed by atoms with Gasteiger partial charge in [0.05, 0.1) is 18.8 Å². The summed E-state index contributed by atoms with van der Waals surface area (Å²) in [6.07, 6.45) is -0.159. The summed E-state index contributed by atoms with van der Waals surface area (Å²) in [5.41, 5.74) is 0.723. The van der Waals surface area contributed by atoms with Crippen molar-refractivity contribution in [3.8, 4) is 0 Å². The number of rotatable bonds is 3. The molecule has 2 aliphatic heterocycles.